The number of ether oxygens (including phenoxy) is 3. The van der Waals surface area contributed by atoms with Gasteiger partial charge < -0.3 is 24.2 Å². The fraction of sp³-hybridized carbons (Fsp3) is 0.536. The van der Waals surface area contributed by atoms with E-state index in [0.717, 1.165) is 68.4 Å². The van der Waals surface area contributed by atoms with Crippen LogP contribution in [0.25, 0.3) is 0 Å². The fourth-order valence-electron chi connectivity index (χ4n) is 4.69. The van der Waals surface area contributed by atoms with Crippen molar-refractivity contribution in [2.24, 2.45) is 0 Å². The Morgan fingerprint density at radius 1 is 1.00 bits per heavy atom. The largest absolute Gasteiger partial charge is 0.493 e. The number of amides is 1. The van der Waals surface area contributed by atoms with Crippen molar-refractivity contribution in [3.05, 3.63) is 53.6 Å². The number of hydrogen-bond acceptors (Lipinski definition) is 6. The lowest BCUT2D eigenvalue weighted by molar-refractivity contribution is -0.127. The number of piperidine rings is 1. The number of methoxy groups -OCH3 is 1. The van der Waals surface area contributed by atoms with Crippen LogP contribution in [0.3, 0.4) is 0 Å². The molecule has 2 aliphatic heterocycles. The fourth-order valence-corrected chi connectivity index (χ4v) is 4.69. The molecule has 35 heavy (non-hydrogen) atoms. The van der Waals surface area contributed by atoms with Crippen molar-refractivity contribution in [3.8, 4) is 17.2 Å². The molecular weight excluding hydrogens is 444 g/mol. The van der Waals surface area contributed by atoms with Gasteiger partial charge in [0, 0.05) is 39.1 Å². The lowest BCUT2D eigenvalue weighted by Crippen LogP contribution is -2.47. The smallest absolute Gasteiger partial charge is 0.222 e. The third-order valence-electron chi connectivity index (χ3n) is 6.95. The van der Waals surface area contributed by atoms with Crippen molar-refractivity contribution in [1.29, 1.82) is 0 Å². The van der Waals surface area contributed by atoms with Crippen LogP contribution in [0.4, 0.5) is 0 Å². The monoisotopic (exact) mass is 482 g/mol. The summed E-state index contributed by atoms with van der Waals surface area (Å²) < 4.78 is 17.4. The van der Waals surface area contributed by atoms with Crippen LogP contribution >= 0.6 is 0 Å². The lowest BCUT2D eigenvalue weighted by atomic mass is 9.92. The van der Waals surface area contributed by atoms with E-state index in [1.54, 1.807) is 7.11 Å². The first-order chi connectivity index (χ1) is 16.9. The molecule has 7 heteroatoms. The zero-order valence-electron chi connectivity index (χ0n) is 21.0. The van der Waals surface area contributed by atoms with Crippen LogP contribution in [-0.4, -0.2) is 72.9 Å². The summed E-state index contributed by atoms with van der Waals surface area (Å²) >= 11 is 0. The number of benzene rings is 2. The van der Waals surface area contributed by atoms with Crippen molar-refractivity contribution >= 4 is 5.91 Å². The minimum Gasteiger partial charge on any atom is -0.493 e. The Balaban J connectivity index is 1.21. The van der Waals surface area contributed by atoms with Crippen LogP contribution in [-0.2, 0) is 11.3 Å². The molecule has 4 rings (SSSR count). The van der Waals surface area contributed by atoms with E-state index in [-0.39, 0.29) is 5.91 Å². The normalized spacial score (nSPS) is 18.0. The average Bonchev–Trinajstić information content (AvgIpc) is 3.28. The molecule has 1 amide bonds. The van der Waals surface area contributed by atoms with Gasteiger partial charge >= 0.3 is 0 Å². The predicted molar refractivity (Wildman–Crippen MR) is 135 cm³/mol. The summed E-state index contributed by atoms with van der Waals surface area (Å²) in [5, 5.41) is 11.0. The van der Waals surface area contributed by atoms with Gasteiger partial charge in [-0.3, -0.25) is 9.69 Å². The average molecular weight is 483 g/mol. The van der Waals surface area contributed by atoms with Gasteiger partial charge in [0.25, 0.3) is 0 Å². The minimum absolute atomic E-state index is 0.252. The number of aryl methyl sites for hydroxylation is 1. The van der Waals surface area contributed by atoms with Crippen LogP contribution in [0.2, 0.25) is 0 Å². The lowest BCUT2D eigenvalue weighted by Gasteiger charge is -2.38. The molecule has 1 N–H and O–H groups in total. The molecule has 2 heterocycles. The second-order valence-corrected chi connectivity index (χ2v) is 9.77. The van der Waals surface area contributed by atoms with Crippen molar-refractivity contribution in [2.75, 3.05) is 46.5 Å². The van der Waals surface area contributed by atoms with Gasteiger partial charge in [0.05, 0.1) is 13.7 Å². The Morgan fingerprint density at radius 3 is 2.46 bits per heavy atom. The van der Waals surface area contributed by atoms with Gasteiger partial charge in [-0.25, -0.2) is 0 Å². The molecule has 0 spiro atoms. The Labute approximate surface area is 208 Å². The van der Waals surface area contributed by atoms with Gasteiger partial charge in [-0.1, -0.05) is 23.8 Å². The topological polar surface area (TPSA) is 71.5 Å². The van der Waals surface area contributed by atoms with Gasteiger partial charge in [-0.15, -0.1) is 0 Å². The Morgan fingerprint density at radius 2 is 1.77 bits per heavy atom. The molecule has 2 saturated heterocycles. The molecule has 0 aliphatic carbocycles. The van der Waals surface area contributed by atoms with Crippen LogP contribution in [0.1, 0.15) is 43.2 Å². The SMILES string of the molecule is COc1cc(CN2CCC(O)(COc3ccc(C)cc3)CC2)ccc1OCCCN1CCCC1=O. The van der Waals surface area contributed by atoms with Gasteiger partial charge in [0.1, 0.15) is 18.0 Å². The van der Waals surface area contributed by atoms with Crippen LogP contribution in [0.5, 0.6) is 17.2 Å². The van der Waals surface area contributed by atoms with Crippen LogP contribution < -0.4 is 14.2 Å². The first kappa shape index (κ1) is 25.3. The molecule has 2 fully saturated rings. The van der Waals surface area contributed by atoms with Crippen LogP contribution in [0.15, 0.2) is 42.5 Å². The molecule has 0 bridgehead atoms. The molecule has 0 unspecified atom stereocenters. The zero-order valence-corrected chi connectivity index (χ0v) is 21.0. The summed E-state index contributed by atoms with van der Waals surface area (Å²) in [7, 11) is 1.66. The van der Waals surface area contributed by atoms with Crippen LogP contribution in [0, 0.1) is 6.92 Å². The zero-order chi connectivity index (χ0) is 24.7. The molecule has 0 radical (unpaired) electrons. The van der Waals surface area contributed by atoms with E-state index in [0.29, 0.717) is 32.5 Å². The predicted octanol–water partition coefficient (Wildman–Crippen LogP) is 3.80. The molecule has 0 atom stereocenters. The Kier molecular flexibility index (Phi) is 8.52. The molecule has 0 aromatic heterocycles. The van der Waals surface area contributed by atoms with E-state index in [2.05, 4.69) is 11.0 Å². The highest BCUT2D eigenvalue weighted by Gasteiger charge is 2.33. The van der Waals surface area contributed by atoms with E-state index in [1.807, 2.05) is 48.2 Å². The van der Waals surface area contributed by atoms with Gasteiger partial charge in [0.15, 0.2) is 11.5 Å². The molecule has 2 aromatic carbocycles. The van der Waals surface area contributed by atoms with E-state index in [9.17, 15) is 9.90 Å². The molecule has 7 nitrogen and oxygen atoms in total. The summed E-state index contributed by atoms with van der Waals surface area (Å²) in [6.45, 7) is 6.94. The third-order valence-corrected chi connectivity index (χ3v) is 6.95. The highest BCUT2D eigenvalue weighted by molar-refractivity contribution is 5.77. The molecule has 190 valence electrons. The third kappa shape index (κ3) is 7.12. The highest BCUT2D eigenvalue weighted by atomic mass is 16.5. The second kappa shape index (κ2) is 11.8. The number of hydrogen-bond donors (Lipinski definition) is 1. The van der Waals surface area contributed by atoms with Gasteiger partial charge in [0.2, 0.25) is 5.91 Å². The summed E-state index contributed by atoms with van der Waals surface area (Å²) in [4.78, 5) is 16.0. The van der Waals surface area contributed by atoms with Gasteiger partial charge in [-0.2, -0.15) is 0 Å². The number of nitrogens with zero attached hydrogens (tertiary/aromatic N) is 2. The van der Waals surface area contributed by atoms with E-state index in [4.69, 9.17) is 14.2 Å². The molecule has 2 aliphatic rings. The number of carbonyl (C=O) groups is 1. The van der Waals surface area contributed by atoms with Crippen molar-refractivity contribution < 1.29 is 24.1 Å². The van der Waals surface area contributed by atoms with Crippen molar-refractivity contribution in [1.82, 2.24) is 9.80 Å². The number of rotatable bonds is 11. The first-order valence-electron chi connectivity index (χ1n) is 12.7. The van der Waals surface area contributed by atoms with E-state index in [1.165, 1.54) is 5.56 Å². The van der Waals surface area contributed by atoms with Crippen molar-refractivity contribution in [2.45, 2.75) is 51.2 Å². The maximum atomic E-state index is 11.7. The van der Waals surface area contributed by atoms with E-state index >= 15 is 0 Å². The quantitative estimate of drug-likeness (QED) is 0.491. The minimum atomic E-state index is -0.795. The maximum absolute atomic E-state index is 11.7. The summed E-state index contributed by atoms with van der Waals surface area (Å²) in [6, 6.07) is 14.0. The number of likely N-dealkylation sites (tertiary alicyclic amines) is 2. The van der Waals surface area contributed by atoms with E-state index < -0.39 is 5.60 Å². The summed E-state index contributed by atoms with van der Waals surface area (Å²) in [6.07, 6.45) is 3.80. The second-order valence-electron chi connectivity index (χ2n) is 9.77. The Hall–Kier alpha value is -2.77. The maximum Gasteiger partial charge on any atom is 0.222 e. The Bertz CT molecular complexity index is 970. The molecule has 0 saturated carbocycles. The molecule has 2 aromatic rings. The number of carbonyl (C=O) groups excluding carboxylic acids is 1. The summed E-state index contributed by atoms with van der Waals surface area (Å²) in [5.74, 6) is 2.50. The first-order valence-corrected chi connectivity index (χ1v) is 12.7. The standard InChI is InChI=1S/C28H38N2O5/c1-22-6-9-24(10-7-22)35-21-28(32)12-16-29(17-13-28)20-23-8-11-25(26(19-23)33-2)34-18-4-15-30-14-3-5-27(30)31/h6-11,19,32H,3-5,12-18,20-21H2,1-2H3. The number of aliphatic hydroxyl groups is 1. The summed E-state index contributed by atoms with van der Waals surface area (Å²) in [5.41, 5.74) is 1.55. The van der Waals surface area contributed by atoms with Gasteiger partial charge in [-0.05, 0) is 62.4 Å². The molecular formula is C28H38N2O5. The van der Waals surface area contributed by atoms with Crippen molar-refractivity contribution in [3.63, 3.8) is 0 Å². The highest BCUT2D eigenvalue weighted by Crippen LogP contribution is 2.30.